The first kappa shape index (κ1) is 22.6. The van der Waals surface area contributed by atoms with Gasteiger partial charge in [-0.15, -0.1) is 0 Å². The van der Waals surface area contributed by atoms with Crippen LogP contribution in [0, 0.1) is 5.92 Å². The average molecular weight is 438 g/mol. The summed E-state index contributed by atoms with van der Waals surface area (Å²) in [5, 5.41) is 4.19. The second kappa shape index (κ2) is 9.08. The summed E-state index contributed by atoms with van der Waals surface area (Å²) >= 11 is 0. The molecule has 0 bridgehead atoms. The second-order valence-corrected chi connectivity index (χ2v) is 9.15. The van der Waals surface area contributed by atoms with E-state index in [1.165, 1.54) is 32.5 Å². The lowest BCUT2D eigenvalue weighted by Gasteiger charge is -2.40. The summed E-state index contributed by atoms with van der Waals surface area (Å²) in [6, 6.07) is 6.41. The maximum Gasteiger partial charge on any atom is 0.324 e. The van der Waals surface area contributed by atoms with Gasteiger partial charge in [0, 0.05) is 55.9 Å². The van der Waals surface area contributed by atoms with E-state index in [9.17, 15) is 9.59 Å². The van der Waals surface area contributed by atoms with Crippen molar-refractivity contribution in [2.75, 3.05) is 47.3 Å². The molecule has 32 heavy (non-hydrogen) atoms. The molecule has 0 saturated heterocycles. The smallest absolute Gasteiger partial charge is 0.324 e. The Labute approximate surface area is 190 Å². The molecule has 7 heteroatoms. The van der Waals surface area contributed by atoms with Crippen LogP contribution in [0.2, 0.25) is 0 Å². The van der Waals surface area contributed by atoms with Gasteiger partial charge in [0.25, 0.3) is 0 Å². The first-order valence-corrected chi connectivity index (χ1v) is 11.6. The monoisotopic (exact) mass is 437 g/mol. The van der Waals surface area contributed by atoms with Crippen molar-refractivity contribution in [3.63, 3.8) is 0 Å². The molecule has 1 aliphatic carbocycles. The van der Waals surface area contributed by atoms with Crippen LogP contribution in [0.25, 0.3) is 16.5 Å². The number of rotatable bonds is 6. The Morgan fingerprint density at radius 2 is 2.00 bits per heavy atom. The van der Waals surface area contributed by atoms with Gasteiger partial charge in [-0.05, 0) is 64.2 Å². The van der Waals surface area contributed by atoms with Crippen molar-refractivity contribution in [1.82, 2.24) is 24.6 Å². The van der Waals surface area contributed by atoms with E-state index in [1.54, 1.807) is 0 Å². The molecule has 3 amide bonds. The Hall–Kier alpha value is -2.64. The summed E-state index contributed by atoms with van der Waals surface area (Å²) in [4.78, 5) is 31.7. The van der Waals surface area contributed by atoms with Crippen molar-refractivity contribution < 1.29 is 9.59 Å². The molecule has 1 aliphatic heterocycles. The molecule has 7 nitrogen and oxygen atoms in total. The van der Waals surface area contributed by atoms with Gasteiger partial charge >= 0.3 is 6.03 Å². The quantitative estimate of drug-likeness (QED) is 0.755. The first-order chi connectivity index (χ1) is 15.3. The minimum Gasteiger partial charge on any atom is -0.347 e. The van der Waals surface area contributed by atoms with Gasteiger partial charge in [-0.1, -0.05) is 18.2 Å². The number of carbonyl (C=O) groups excluding carboxylic acids is 2. The summed E-state index contributed by atoms with van der Waals surface area (Å²) in [5.74, 6) is -0.465. The lowest BCUT2D eigenvalue weighted by atomic mass is 9.79. The van der Waals surface area contributed by atoms with E-state index >= 15 is 0 Å². The number of aryl methyl sites for hydroxylation is 1. The maximum absolute atomic E-state index is 13.4. The third-order valence-electron chi connectivity index (χ3n) is 6.79. The lowest BCUT2D eigenvalue weighted by molar-refractivity contribution is -0.131. The Morgan fingerprint density at radius 3 is 2.69 bits per heavy atom. The summed E-state index contributed by atoms with van der Waals surface area (Å²) in [6.45, 7) is 7.19. The van der Waals surface area contributed by atoms with Gasteiger partial charge in [0.05, 0.1) is 5.92 Å². The molecule has 1 aromatic carbocycles. The highest BCUT2D eigenvalue weighted by atomic mass is 16.2. The molecule has 0 radical (unpaired) electrons. The average Bonchev–Trinajstić information content (AvgIpc) is 3.13. The number of amides is 3. The van der Waals surface area contributed by atoms with Crippen LogP contribution in [0.15, 0.2) is 30.5 Å². The fourth-order valence-corrected chi connectivity index (χ4v) is 5.13. The van der Waals surface area contributed by atoms with Crippen LogP contribution < -0.4 is 5.32 Å². The van der Waals surface area contributed by atoms with E-state index in [2.05, 4.69) is 59.2 Å². The highest BCUT2D eigenvalue weighted by molar-refractivity contribution is 6.01. The van der Waals surface area contributed by atoms with Crippen LogP contribution in [0.5, 0.6) is 0 Å². The van der Waals surface area contributed by atoms with Crippen LogP contribution in [0.3, 0.4) is 0 Å². The Kier molecular flexibility index (Phi) is 6.40. The highest BCUT2D eigenvalue weighted by Crippen LogP contribution is 2.41. The number of likely N-dealkylation sites (N-methyl/N-ethyl adjacent to an activating group) is 2. The van der Waals surface area contributed by atoms with Crippen LogP contribution in [0.1, 0.15) is 25.0 Å². The van der Waals surface area contributed by atoms with Gasteiger partial charge in [-0.25, -0.2) is 4.79 Å². The van der Waals surface area contributed by atoms with Crippen LogP contribution >= 0.6 is 0 Å². The fraction of sp³-hybridized carbons (Fsp3) is 0.520. The minimum absolute atomic E-state index is 0.128. The summed E-state index contributed by atoms with van der Waals surface area (Å²) in [5.41, 5.74) is 5.08. The SMILES string of the molecule is CCN(C(=O)NCCN(C)C)C(=O)[C@@H]1C=C2c3cccc4c3c(cn4CC)C[C@H]2N(C)C1. The van der Waals surface area contributed by atoms with Gasteiger partial charge in [0.15, 0.2) is 0 Å². The summed E-state index contributed by atoms with van der Waals surface area (Å²) in [6.07, 6.45) is 5.36. The van der Waals surface area contributed by atoms with Gasteiger partial charge < -0.3 is 14.8 Å². The second-order valence-electron chi connectivity index (χ2n) is 9.15. The number of hydrogen-bond donors (Lipinski definition) is 1. The molecular formula is C25H35N5O2. The standard InChI is InChI=1S/C25H35N5O2/c1-6-29-16-17-14-22-20(19-9-8-10-21(29)23(17)19)13-18(15-28(22)5)24(31)30(7-2)25(32)26-11-12-27(3)4/h8-10,13,16,18,22H,6-7,11-12,14-15H2,1-5H3,(H,26,32)/t18-,22-/m1/s1. The molecule has 2 aromatic rings. The number of imide groups is 1. The molecule has 2 heterocycles. The minimum atomic E-state index is -0.337. The lowest BCUT2D eigenvalue weighted by Crippen LogP contribution is -2.51. The fourth-order valence-electron chi connectivity index (χ4n) is 5.13. The van der Waals surface area contributed by atoms with E-state index < -0.39 is 0 Å². The number of benzene rings is 1. The number of urea groups is 1. The Balaban J connectivity index is 1.63. The number of aromatic nitrogens is 1. The van der Waals surface area contributed by atoms with E-state index in [0.717, 1.165) is 19.5 Å². The Bertz CT molecular complexity index is 1050. The predicted octanol–water partition coefficient (Wildman–Crippen LogP) is 2.65. The zero-order valence-electron chi connectivity index (χ0n) is 19.9. The van der Waals surface area contributed by atoms with Crippen molar-refractivity contribution in [1.29, 1.82) is 0 Å². The molecule has 0 spiro atoms. The van der Waals surface area contributed by atoms with Crippen molar-refractivity contribution >= 4 is 28.4 Å². The zero-order chi connectivity index (χ0) is 23.0. The number of nitrogens with zero attached hydrogens (tertiary/aromatic N) is 4. The van der Waals surface area contributed by atoms with Gasteiger partial charge in [-0.2, -0.15) is 0 Å². The normalized spacial score (nSPS) is 20.2. The topological polar surface area (TPSA) is 60.8 Å². The molecule has 2 atom stereocenters. The van der Waals surface area contributed by atoms with Gasteiger partial charge in [-0.3, -0.25) is 14.6 Å². The Morgan fingerprint density at radius 1 is 1.22 bits per heavy atom. The van der Waals surface area contributed by atoms with Crippen LogP contribution in [0.4, 0.5) is 4.79 Å². The van der Waals surface area contributed by atoms with Crippen LogP contribution in [-0.2, 0) is 17.8 Å². The third-order valence-corrected chi connectivity index (χ3v) is 6.79. The molecular weight excluding hydrogens is 402 g/mol. The van der Waals surface area contributed by atoms with E-state index in [4.69, 9.17) is 0 Å². The van der Waals surface area contributed by atoms with Crippen molar-refractivity contribution in [3.05, 3.63) is 41.6 Å². The summed E-state index contributed by atoms with van der Waals surface area (Å²) in [7, 11) is 6.01. The molecule has 1 aromatic heterocycles. The number of carbonyl (C=O) groups is 2. The molecule has 2 aliphatic rings. The van der Waals surface area contributed by atoms with Crippen molar-refractivity contribution in [2.24, 2.45) is 5.92 Å². The van der Waals surface area contributed by atoms with Gasteiger partial charge in [0.2, 0.25) is 5.91 Å². The number of fused-ring (bicyclic) bond motifs is 2. The number of nitrogens with one attached hydrogen (secondary N) is 1. The summed E-state index contributed by atoms with van der Waals surface area (Å²) < 4.78 is 2.31. The molecule has 0 fully saturated rings. The largest absolute Gasteiger partial charge is 0.347 e. The molecule has 172 valence electrons. The predicted molar refractivity (Wildman–Crippen MR) is 129 cm³/mol. The van der Waals surface area contributed by atoms with Crippen molar-refractivity contribution in [2.45, 2.75) is 32.9 Å². The van der Waals surface area contributed by atoms with E-state index in [1.807, 2.05) is 25.9 Å². The molecule has 1 N–H and O–H groups in total. The van der Waals surface area contributed by atoms with Gasteiger partial charge in [0.1, 0.15) is 0 Å². The van der Waals surface area contributed by atoms with E-state index in [0.29, 0.717) is 19.6 Å². The van der Waals surface area contributed by atoms with Crippen molar-refractivity contribution in [3.8, 4) is 0 Å². The molecule has 0 saturated carbocycles. The zero-order valence-corrected chi connectivity index (χ0v) is 19.9. The van der Waals surface area contributed by atoms with E-state index in [-0.39, 0.29) is 23.9 Å². The highest BCUT2D eigenvalue weighted by Gasteiger charge is 2.37. The molecule has 0 unspecified atom stereocenters. The maximum atomic E-state index is 13.4. The first-order valence-electron chi connectivity index (χ1n) is 11.6. The molecule has 4 rings (SSSR count). The number of hydrogen-bond acceptors (Lipinski definition) is 4. The van der Waals surface area contributed by atoms with Crippen LogP contribution in [-0.4, -0.2) is 84.6 Å². The third kappa shape index (κ3) is 3.95.